The van der Waals surface area contributed by atoms with Gasteiger partial charge in [-0.05, 0) is 77.3 Å². The second kappa shape index (κ2) is 8.98. The Balaban J connectivity index is 1.71. The Bertz CT molecular complexity index is 811. The monoisotopic (exact) mass is 501 g/mol. The summed E-state index contributed by atoms with van der Waals surface area (Å²) in [5.41, 5.74) is 2.28. The number of carbonyl (C=O) groups is 1. The number of morpholine rings is 1. The third kappa shape index (κ3) is 5.06. The van der Waals surface area contributed by atoms with Crippen LogP contribution in [0.5, 0.6) is 0 Å². The summed E-state index contributed by atoms with van der Waals surface area (Å²) in [6.07, 6.45) is 0. The quantitative estimate of drug-likeness (QED) is 0.493. The van der Waals surface area contributed by atoms with Gasteiger partial charge in [0.2, 0.25) is 0 Å². The first-order chi connectivity index (χ1) is 12.5. The van der Waals surface area contributed by atoms with Crippen LogP contribution in [0, 0.1) is 3.57 Å². The average molecular weight is 502 g/mol. The van der Waals surface area contributed by atoms with Gasteiger partial charge in [-0.25, -0.2) is 0 Å². The lowest BCUT2D eigenvalue weighted by molar-refractivity contribution is 0.0977. The molecule has 0 radical (unpaired) electrons. The maximum absolute atomic E-state index is 12.3. The molecule has 26 heavy (non-hydrogen) atoms. The van der Waals surface area contributed by atoms with Gasteiger partial charge in [0.15, 0.2) is 5.11 Å². The van der Waals surface area contributed by atoms with Crippen LogP contribution in [0.25, 0.3) is 0 Å². The van der Waals surface area contributed by atoms with E-state index in [9.17, 15) is 4.79 Å². The Morgan fingerprint density at radius 1 is 1.15 bits per heavy atom. The maximum atomic E-state index is 12.3. The summed E-state index contributed by atoms with van der Waals surface area (Å²) >= 11 is 13.6. The van der Waals surface area contributed by atoms with E-state index >= 15 is 0 Å². The summed E-state index contributed by atoms with van der Waals surface area (Å²) in [4.78, 5) is 14.5. The molecule has 1 amide bonds. The van der Waals surface area contributed by atoms with Crippen molar-refractivity contribution in [2.75, 3.05) is 36.5 Å². The Hall–Kier alpha value is -1.42. The van der Waals surface area contributed by atoms with Gasteiger partial charge < -0.3 is 15.0 Å². The number of hydrogen-bond donors (Lipinski definition) is 2. The predicted molar refractivity (Wildman–Crippen MR) is 117 cm³/mol. The van der Waals surface area contributed by atoms with E-state index in [0.29, 0.717) is 23.8 Å². The van der Waals surface area contributed by atoms with Gasteiger partial charge in [0, 0.05) is 27.2 Å². The van der Waals surface area contributed by atoms with Crippen LogP contribution in [0.15, 0.2) is 42.5 Å². The molecular formula is C18H17ClIN3O2S. The third-order valence-electron chi connectivity index (χ3n) is 3.89. The summed E-state index contributed by atoms with van der Waals surface area (Å²) in [7, 11) is 0. The van der Waals surface area contributed by atoms with E-state index in [0.717, 1.165) is 28.0 Å². The van der Waals surface area contributed by atoms with Crippen LogP contribution in [0.4, 0.5) is 11.4 Å². The fourth-order valence-electron chi connectivity index (χ4n) is 2.62. The van der Waals surface area contributed by atoms with Crippen molar-refractivity contribution in [3.63, 3.8) is 0 Å². The van der Waals surface area contributed by atoms with Crippen LogP contribution in [-0.4, -0.2) is 37.3 Å². The number of rotatable bonds is 3. The Morgan fingerprint density at radius 3 is 2.54 bits per heavy atom. The van der Waals surface area contributed by atoms with Gasteiger partial charge in [-0.1, -0.05) is 11.6 Å². The highest BCUT2D eigenvalue weighted by molar-refractivity contribution is 14.1. The van der Waals surface area contributed by atoms with Crippen molar-refractivity contribution in [2.45, 2.75) is 0 Å². The van der Waals surface area contributed by atoms with Crippen LogP contribution >= 0.6 is 46.4 Å². The highest BCUT2D eigenvalue weighted by atomic mass is 127. The molecule has 3 rings (SSSR count). The van der Waals surface area contributed by atoms with E-state index in [1.165, 1.54) is 0 Å². The Labute approximate surface area is 176 Å². The summed E-state index contributed by atoms with van der Waals surface area (Å²) in [5, 5.41) is 6.62. The molecule has 1 aliphatic heterocycles. The van der Waals surface area contributed by atoms with E-state index in [-0.39, 0.29) is 11.0 Å². The van der Waals surface area contributed by atoms with E-state index in [1.807, 2.05) is 24.3 Å². The van der Waals surface area contributed by atoms with Crippen LogP contribution in [0.2, 0.25) is 5.02 Å². The summed E-state index contributed by atoms with van der Waals surface area (Å²) in [6, 6.07) is 12.9. The van der Waals surface area contributed by atoms with Crippen molar-refractivity contribution in [3.8, 4) is 0 Å². The molecular weight excluding hydrogens is 485 g/mol. The van der Waals surface area contributed by atoms with Gasteiger partial charge in [0.05, 0.1) is 24.6 Å². The van der Waals surface area contributed by atoms with Gasteiger partial charge >= 0.3 is 0 Å². The van der Waals surface area contributed by atoms with E-state index in [2.05, 4.69) is 38.1 Å². The SMILES string of the molecule is O=C(NC(=S)Nc1cc(Cl)ccc1N1CCOCC1)c1ccc(I)cc1. The predicted octanol–water partition coefficient (Wildman–Crippen LogP) is 3.91. The van der Waals surface area contributed by atoms with Gasteiger partial charge in [0.25, 0.3) is 5.91 Å². The minimum atomic E-state index is -0.256. The maximum Gasteiger partial charge on any atom is 0.257 e. The molecule has 0 spiro atoms. The topological polar surface area (TPSA) is 53.6 Å². The van der Waals surface area contributed by atoms with E-state index < -0.39 is 0 Å². The second-order valence-electron chi connectivity index (χ2n) is 5.68. The van der Waals surface area contributed by atoms with E-state index in [4.69, 9.17) is 28.6 Å². The van der Waals surface area contributed by atoms with Crippen molar-refractivity contribution in [3.05, 3.63) is 56.6 Å². The number of carbonyl (C=O) groups excluding carboxylic acids is 1. The first-order valence-electron chi connectivity index (χ1n) is 8.03. The number of anilines is 2. The number of halogens is 2. The molecule has 2 aromatic carbocycles. The molecule has 2 aromatic rings. The minimum absolute atomic E-state index is 0.227. The molecule has 0 unspecified atom stereocenters. The van der Waals surface area contributed by atoms with Crippen molar-refractivity contribution in [1.82, 2.24) is 5.32 Å². The van der Waals surface area contributed by atoms with Crippen LogP contribution in [-0.2, 0) is 4.74 Å². The summed E-state index contributed by atoms with van der Waals surface area (Å²) < 4.78 is 6.47. The fraction of sp³-hybridized carbons (Fsp3) is 0.222. The largest absolute Gasteiger partial charge is 0.378 e. The minimum Gasteiger partial charge on any atom is -0.378 e. The molecule has 1 fully saturated rings. The molecule has 5 nitrogen and oxygen atoms in total. The molecule has 0 aromatic heterocycles. The number of thiocarbonyl (C=S) groups is 1. The van der Waals surface area contributed by atoms with Gasteiger partial charge in [-0.2, -0.15) is 0 Å². The van der Waals surface area contributed by atoms with Gasteiger partial charge in [-0.15, -0.1) is 0 Å². The van der Waals surface area contributed by atoms with Crippen molar-refractivity contribution >= 4 is 68.8 Å². The lowest BCUT2D eigenvalue weighted by Gasteiger charge is -2.30. The molecule has 8 heteroatoms. The highest BCUT2D eigenvalue weighted by Gasteiger charge is 2.16. The number of nitrogens with one attached hydrogen (secondary N) is 2. The van der Waals surface area contributed by atoms with Crippen LogP contribution in [0.1, 0.15) is 10.4 Å². The zero-order chi connectivity index (χ0) is 18.5. The number of amides is 1. The molecule has 136 valence electrons. The molecule has 1 heterocycles. The zero-order valence-corrected chi connectivity index (χ0v) is 17.5. The molecule has 0 aliphatic carbocycles. The molecule has 1 aliphatic rings. The first-order valence-corrected chi connectivity index (χ1v) is 9.89. The molecule has 0 bridgehead atoms. The number of benzene rings is 2. The Kier molecular flexibility index (Phi) is 6.68. The smallest absolute Gasteiger partial charge is 0.257 e. The standard InChI is InChI=1S/C18H17ClIN3O2S/c19-13-3-6-16(23-7-9-25-10-8-23)15(11-13)21-18(26)22-17(24)12-1-4-14(20)5-2-12/h1-6,11H,7-10H2,(H2,21,22,24,26). The third-order valence-corrected chi connectivity index (χ3v) is 5.05. The Morgan fingerprint density at radius 2 is 1.85 bits per heavy atom. The first kappa shape index (κ1) is 19.3. The van der Waals surface area contributed by atoms with E-state index in [1.54, 1.807) is 18.2 Å². The van der Waals surface area contributed by atoms with Crippen molar-refractivity contribution in [1.29, 1.82) is 0 Å². The number of hydrogen-bond acceptors (Lipinski definition) is 4. The summed E-state index contributed by atoms with van der Waals surface area (Å²) in [5.74, 6) is -0.256. The van der Waals surface area contributed by atoms with Crippen molar-refractivity contribution in [2.24, 2.45) is 0 Å². The fourth-order valence-corrected chi connectivity index (χ4v) is 3.35. The van der Waals surface area contributed by atoms with Crippen molar-refractivity contribution < 1.29 is 9.53 Å². The molecule has 1 saturated heterocycles. The number of nitrogens with zero attached hydrogens (tertiary/aromatic N) is 1. The average Bonchev–Trinajstić information content (AvgIpc) is 2.63. The normalized spacial score (nSPS) is 14.0. The second-order valence-corrected chi connectivity index (χ2v) is 7.77. The van der Waals surface area contributed by atoms with Crippen LogP contribution < -0.4 is 15.5 Å². The lowest BCUT2D eigenvalue weighted by atomic mass is 10.2. The van der Waals surface area contributed by atoms with Gasteiger partial charge in [0.1, 0.15) is 0 Å². The highest BCUT2D eigenvalue weighted by Crippen LogP contribution is 2.29. The summed E-state index contributed by atoms with van der Waals surface area (Å²) in [6.45, 7) is 2.93. The zero-order valence-electron chi connectivity index (χ0n) is 13.8. The molecule has 2 N–H and O–H groups in total. The van der Waals surface area contributed by atoms with Crippen LogP contribution in [0.3, 0.4) is 0 Å². The molecule has 0 atom stereocenters. The lowest BCUT2D eigenvalue weighted by Crippen LogP contribution is -2.38. The van der Waals surface area contributed by atoms with Gasteiger partial charge in [-0.3, -0.25) is 10.1 Å². The molecule has 0 saturated carbocycles. The number of ether oxygens (including phenoxy) is 1.